The highest BCUT2D eigenvalue weighted by Crippen LogP contribution is 2.35. The Labute approximate surface area is 202 Å². The van der Waals surface area contributed by atoms with E-state index in [0.29, 0.717) is 21.8 Å². The minimum atomic E-state index is -3.63. The summed E-state index contributed by atoms with van der Waals surface area (Å²) in [7, 11) is -3.63. The molecule has 2 aliphatic rings. The Bertz CT molecular complexity index is 1380. The Morgan fingerprint density at radius 1 is 0.909 bits per heavy atom. The molecule has 0 atom stereocenters. The summed E-state index contributed by atoms with van der Waals surface area (Å²) in [4.78, 5) is 12.6. The summed E-state index contributed by atoms with van der Waals surface area (Å²) in [5.41, 5.74) is 2.49. The Hall–Kier alpha value is -2.32. The lowest BCUT2D eigenvalue weighted by Gasteiger charge is -2.37. The summed E-state index contributed by atoms with van der Waals surface area (Å²) in [5, 5.41) is 0.908. The van der Waals surface area contributed by atoms with Gasteiger partial charge in [0, 0.05) is 17.8 Å². The third-order valence-electron chi connectivity index (χ3n) is 6.01. The van der Waals surface area contributed by atoms with Gasteiger partial charge in [-0.1, -0.05) is 41.4 Å². The van der Waals surface area contributed by atoms with E-state index in [1.165, 1.54) is 10.4 Å². The van der Waals surface area contributed by atoms with Crippen LogP contribution in [0.2, 0.25) is 10.0 Å². The normalized spacial score (nSPS) is 17.1. The topological polar surface area (TPSA) is 68.6 Å². The second-order valence-corrected chi connectivity index (χ2v) is 11.2. The van der Waals surface area contributed by atoms with Crippen LogP contribution in [0.3, 0.4) is 0 Å². The minimum Gasteiger partial charge on any atom is -0.487 e. The predicted octanol–water partition coefficient (Wildman–Crippen LogP) is 4.92. The molecule has 6 nitrogen and oxygen atoms in total. The molecule has 0 N–H and O–H groups in total. The van der Waals surface area contributed by atoms with Gasteiger partial charge in [0.1, 0.15) is 11.9 Å². The summed E-state index contributed by atoms with van der Waals surface area (Å²) < 4.78 is 35.0. The first-order valence-electron chi connectivity index (χ1n) is 10.7. The first-order chi connectivity index (χ1) is 15.7. The first-order valence-corrected chi connectivity index (χ1v) is 12.9. The molecule has 5 rings (SSSR count). The Kier molecular flexibility index (Phi) is 5.77. The molecule has 1 saturated heterocycles. The smallest absolute Gasteiger partial charge is 0.254 e. The number of rotatable bonds is 6. The van der Waals surface area contributed by atoms with Crippen LogP contribution >= 0.6 is 23.2 Å². The van der Waals surface area contributed by atoms with Gasteiger partial charge in [0.2, 0.25) is 10.0 Å². The maximum absolute atomic E-state index is 13.0. The molecule has 2 heterocycles. The van der Waals surface area contributed by atoms with Crippen molar-refractivity contribution in [2.24, 2.45) is 0 Å². The molecule has 2 fully saturated rings. The summed E-state index contributed by atoms with van der Waals surface area (Å²) >= 11 is 12.1. The average Bonchev–Trinajstić information content (AvgIpc) is 3.57. The Balaban J connectivity index is 1.24. The molecular weight excluding hydrogens is 483 g/mol. The molecule has 33 heavy (non-hydrogen) atoms. The number of benzene rings is 2. The highest BCUT2D eigenvalue weighted by Gasteiger charge is 2.38. The van der Waals surface area contributed by atoms with Gasteiger partial charge in [0.15, 0.2) is 0 Å². The monoisotopic (exact) mass is 504 g/mol. The van der Waals surface area contributed by atoms with E-state index in [1.54, 1.807) is 41.0 Å². The second kappa shape index (κ2) is 8.47. The van der Waals surface area contributed by atoms with Gasteiger partial charge < -0.3 is 9.30 Å². The number of nitrogens with zero attached hydrogens (tertiary/aromatic N) is 2. The molecule has 0 spiro atoms. The van der Waals surface area contributed by atoms with Crippen LogP contribution in [-0.4, -0.2) is 36.5 Å². The van der Waals surface area contributed by atoms with Crippen molar-refractivity contribution in [2.75, 3.05) is 13.1 Å². The van der Waals surface area contributed by atoms with Crippen molar-refractivity contribution in [3.63, 3.8) is 0 Å². The van der Waals surface area contributed by atoms with Gasteiger partial charge in [-0.05, 0) is 61.2 Å². The van der Waals surface area contributed by atoms with Crippen molar-refractivity contribution in [1.29, 1.82) is 0 Å². The molecule has 1 aliphatic carbocycles. The number of hydrogen-bond acceptors (Lipinski definition) is 4. The van der Waals surface area contributed by atoms with Crippen molar-refractivity contribution in [2.45, 2.75) is 36.8 Å². The van der Waals surface area contributed by atoms with E-state index >= 15 is 0 Å². The van der Waals surface area contributed by atoms with Crippen molar-refractivity contribution in [1.82, 2.24) is 8.87 Å². The molecule has 1 aromatic heterocycles. The lowest BCUT2D eigenvalue weighted by Crippen LogP contribution is -2.56. The number of aromatic nitrogens is 1. The van der Waals surface area contributed by atoms with Crippen LogP contribution < -0.4 is 10.3 Å². The molecule has 1 aliphatic heterocycles. The van der Waals surface area contributed by atoms with E-state index < -0.39 is 10.0 Å². The van der Waals surface area contributed by atoms with Crippen molar-refractivity contribution in [3.05, 3.63) is 80.7 Å². The standard InChI is InChI=1S/C24H22Cl2N2O4S/c1-15-10-19(12-24(29)28(15)18-5-6-18)32-20-13-27(14-20)33(30,31)21-7-2-16(3-8-21)17-4-9-22(25)23(26)11-17/h2-4,7-12,18,20H,5-6,13-14H2,1H3. The van der Waals surface area contributed by atoms with Gasteiger partial charge >= 0.3 is 0 Å². The predicted molar refractivity (Wildman–Crippen MR) is 129 cm³/mol. The van der Waals surface area contributed by atoms with Gasteiger partial charge in [-0.3, -0.25) is 4.79 Å². The zero-order valence-electron chi connectivity index (χ0n) is 17.9. The molecule has 1 saturated carbocycles. The fourth-order valence-electron chi connectivity index (χ4n) is 4.06. The third-order valence-corrected chi connectivity index (χ3v) is 8.59. The molecule has 2 aromatic carbocycles. The molecule has 172 valence electrons. The van der Waals surface area contributed by atoms with Crippen LogP contribution in [0.4, 0.5) is 0 Å². The van der Waals surface area contributed by atoms with Gasteiger partial charge in [-0.15, -0.1) is 0 Å². The zero-order valence-corrected chi connectivity index (χ0v) is 20.2. The van der Waals surface area contributed by atoms with E-state index in [4.69, 9.17) is 27.9 Å². The third kappa shape index (κ3) is 4.43. The first kappa shape index (κ1) is 22.5. The highest BCUT2D eigenvalue weighted by molar-refractivity contribution is 7.89. The summed E-state index contributed by atoms with van der Waals surface area (Å²) in [6.45, 7) is 2.37. The van der Waals surface area contributed by atoms with Crippen molar-refractivity contribution in [3.8, 4) is 16.9 Å². The number of sulfonamides is 1. The average molecular weight is 505 g/mol. The number of hydrogen-bond donors (Lipinski definition) is 0. The summed E-state index contributed by atoms with van der Waals surface area (Å²) in [5.74, 6) is 0.488. The fraction of sp³-hybridized carbons (Fsp3) is 0.292. The largest absolute Gasteiger partial charge is 0.487 e. The van der Waals surface area contributed by atoms with Crippen LogP contribution in [-0.2, 0) is 10.0 Å². The lowest BCUT2D eigenvalue weighted by molar-refractivity contribution is 0.0758. The van der Waals surface area contributed by atoms with Gasteiger partial charge in [0.25, 0.3) is 5.56 Å². The molecule has 0 amide bonds. The second-order valence-electron chi connectivity index (χ2n) is 8.49. The zero-order chi connectivity index (χ0) is 23.3. The van der Waals surface area contributed by atoms with Gasteiger partial charge in [-0.2, -0.15) is 4.31 Å². The lowest BCUT2D eigenvalue weighted by atomic mass is 10.1. The maximum Gasteiger partial charge on any atom is 0.254 e. The molecule has 0 radical (unpaired) electrons. The van der Waals surface area contributed by atoms with E-state index in [1.807, 2.05) is 19.1 Å². The van der Waals surface area contributed by atoms with Crippen molar-refractivity contribution < 1.29 is 13.2 Å². The maximum atomic E-state index is 13.0. The van der Waals surface area contributed by atoms with Crippen LogP contribution in [0.5, 0.6) is 5.75 Å². The van der Waals surface area contributed by atoms with Gasteiger partial charge in [0.05, 0.1) is 28.0 Å². The van der Waals surface area contributed by atoms with Gasteiger partial charge in [-0.25, -0.2) is 8.42 Å². The highest BCUT2D eigenvalue weighted by atomic mass is 35.5. The Morgan fingerprint density at radius 2 is 1.58 bits per heavy atom. The van der Waals surface area contributed by atoms with E-state index in [2.05, 4.69) is 0 Å². The minimum absolute atomic E-state index is 0.0710. The molecule has 0 bridgehead atoms. The van der Waals surface area contributed by atoms with E-state index in [-0.39, 0.29) is 29.6 Å². The van der Waals surface area contributed by atoms with Crippen LogP contribution in [0.1, 0.15) is 24.6 Å². The number of ether oxygens (including phenoxy) is 1. The molecule has 9 heteroatoms. The quantitative estimate of drug-likeness (QED) is 0.477. The van der Waals surface area contributed by atoms with Crippen LogP contribution in [0.15, 0.2) is 64.3 Å². The SMILES string of the molecule is Cc1cc(OC2CN(S(=O)(=O)c3ccc(-c4ccc(Cl)c(Cl)c4)cc3)C2)cc(=O)n1C1CC1. The summed E-state index contributed by atoms with van der Waals surface area (Å²) in [6, 6.07) is 15.6. The molecule has 3 aromatic rings. The number of aryl methyl sites for hydroxylation is 1. The number of pyridine rings is 1. The van der Waals surface area contributed by atoms with Crippen LogP contribution in [0.25, 0.3) is 11.1 Å². The molecule has 0 unspecified atom stereocenters. The summed E-state index contributed by atoms with van der Waals surface area (Å²) in [6.07, 6.45) is 1.78. The number of halogens is 2. The van der Waals surface area contributed by atoms with E-state index in [0.717, 1.165) is 29.7 Å². The fourth-order valence-corrected chi connectivity index (χ4v) is 5.86. The Morgan fingerprint density at radius 3 is 2.18 bits per heavy atom. The van der Waals surface area contributed by atoms with Crippen LogP contribution in [0, 0.1) is 6.92 Å². The van der Waals surface area contributed by atoms with Crippen molar-refractivity contribution >= 4 is 33.2 Å². The van der Waals surface area contributed by atoms with E-state index in [9.17, 15) is 13.2 Å². The molecular formula is C24H22Cl2N2O4S.